The quantitative estimate of drug-likeness (QED) is 0.0403. The zero-order chi connectivity index (χ0) is 43.0. The second-order valence-corrected chi connectivity index (χ2v) is 15.9. The monoisotopic (exact) mass is 822 g/mol. The first-order valence-corrected chi connectivity index (χ1v) is 19.9. The molecule has 2 aliphatic rings. The first-order valence-electron chi connectivity index (χ1n) is 18.9. The van der Waals surface area contributed by atoms with Gasteiger partial charge in [0.1, 0.15) is 24.2 Å². The van der Waals surface area contributed by atoms with E-state index in [1.54, 1.807) is 40.0 Å². The van der Waals surface area contributed by atoms with Crippen molar-refractivity contribution in [3.8, 4) is 0 Å². The van der Waals surface area contributed by atoms with Gasteiger partial charge >= 0.3 is 11.9 Å². The van der Waals surface area contributed by atoms with Crippen molar-refractivity contribution in [1.29, 1.82) is 0 Å². The summed E-state index contributed by atoms with van der Waals surface area (Å²) in [5.41, 5.74) is 17.0. The van der Waals surface area contributed by atoms with E-state index in [4.69, 9.17) is 22.3 Å². The Balaban J connectivity index is 2.44. The van der Waals surface area contributed by atoms with Crippen molar-refractivity contribution in [2.24, 2.45) is 44.9 Å². The second kappa shape index (κ2) is 23.2. The molecule has 13 N–H and O–H groups in total. The molecule has 9 atom stereocenters. The van der Waals surface area contributed by atoms with Gasteiger partial charge in [-0.25, -0.2) is 4.79 Å². The van der Waals surface area contributed by atoms with Crippen LogP contribution in [-0.4, -0.2) is 123 Å². The SMILES string of the molecule is CCC(C)C1NC(=O)C(NC(=O)C(CC(=O)C(CCCN=C(N)N)NC(=O)C(N)CC(=O)O)C(C)C)C(C)SCC(C(=O)O)NC(=O)C(CC2=CCC=N2)NC1=O. The number of rotatable bonds is 19. The summed E-state index contributed by atoms with van der Waals surface area (Å²) in [7, 11) is 0. The number of thioether (sulfide) groups is 1. The van der Waals surface area contributed by atoms with E-state index in [2.05, 4.69) is 36.6 Å². The van der Waals surface area contributed by atoms with E-state index in [0.717, 1.165) is 11.8 Å². The average molecular weight is 823 g/mol. The number of amides is 5. The topological polar surface area (TPSA) is 340 Å². The highest BCUT2D eigenvalue weighted by Gasteiger charge is 2.39. The lowest BCUT2D eigenvalue weighted by Gasteiger charge is -2.31. The van der Waals surface area contributed by atoms with Gasteiger partial charge in [0, 0.05) is 54.6 Å². The summed E-state index contributed by atoms with van der Waals surface area (Å²) >= 11 is 0.998. The molecule has 0 bridgehead atoms. The molecule has 21 heteroatoms. The highest BCUT2D eigenvalue weighted by atomic mass is 32.2. The van der Waals surface area contributed by atoms with Crippen molar-refractivity contribution >= 4 is 71.2 Å². The van der Waals surface area contributed by atoms with Crippen LogP contribution in [0.4, 0.5) is 0 Å². The third-order valence-corrected chi connectivity index (χ3v) is 11.0. The van der Waals surface area contributed by atoms with Gasteiger partial charge in [0.15, 0.2) is 11.7 Å². The lowest BCUT2D eigenvalue weighted by Crippen LogP contribution is -2.60. The number of hydrogen-bond donors (Lipinski definition) is 10. The Morgan fingerprint density at radius 1 is 1.00 bits per heavy atom. The minimum absolute atomic E-state index is 0.0188. The number of Topliss-reactive ketones (excluding diaryl/α,β-unsaturated/α-hetero) is 1. The van der Waals surface area contributed by atoms with Gasteiger partial charge in [0.05, 0.1) is 18.5 Å². The molecule has 9 unspecified atom stereocenters. The minimum Gasteiger partial charge on any atom is -0.481 e. The highest BCUT2D eigenvalue weighted by Crippen LogP contribution is 2.23. The Hall–Kier alpha value is -5.05. The van der Waals surface area contributed by atoms with Gasteiger partial charge in [-0.05, 0) is 24.7 Å². The number of aliphatic carboxylic acids is 2. The first-order chi connectivity index (χ1) is 26.7. The number of nitrogens with zero attached hydrogens (tertiary/aromatic N) is 2. The van der Waals surface area contributed by atoms with E-state index in [-0.39, 0.29) is 37.5 Å². The molecule has 2 aliphatic heterocycles. The number of guanidine groups is 1. The molecule has 57 heavy (non-hydrogen) atoms. The van der Waals surface area contributed by atoms with E-state index in [1.807, 2.05) is 6.92 Å². The zero-order valence-electron chi connectivity index (χ0n) is 33.0. The van der Waals surface area contributed by atoms with Crippen molar-refractivity contribution in [1.82, 2.24) is 26.6 Å². The minimum atomic E-state index is -1.46. The van der Waals surface area contributed by atoms with Crippen molar-refractivity contribution in [2.45, 2.75) is 121 Å². The molecule has 2 heterocycles. The number of carbonyl (C=O) groups is 8. The molecule has 0 saturated carbocycles. The summed E-state index contributed by atoms with van der Waals surface area (Å²) in [6.07, 6.45) is 3.52. The summed E-state index contributed by atoms with van der Waals surface area (Å²) in [5, 5.41) is 31.4. The molecule has 318 valence electrons. The fourth-order valence-corrected chi connectivity index (χ4v) is 7.09. The van der Waals surface area contributed by atoms with Crippen LogP contribution in [0.2, 0.25) is 0 Å². The number of allylic oxidation sites excluding steroid dienone is 1. The Morgan fingerprint density at radius 2 is 1.68 bits per heavy atom. The van der Waals surface area contributed by atoms with Crippen LogP contribution in [0, 0.1) is 17.8 Å². The Kier molecular flexibility index (Phi) is 19.6. The molecule has 2 rings (SSSR count). The number of hydrogen-bond acceptors (Lipinski definition) is 12. The van der Waals surface area contributed by atoms with Gasteiger partial charge in [-0.2, -0.15) is 11.8 Å². The number of carboxylic acid groups (broad SMARTS) is 2. The van der Waals surface area contributed by atoms with Gasteiger partial charge in [-0.15, -0.1) is 0 Å². The van der Waals surface area contributed by atoms with Crippen LogP contribution in [-0.2, 0) is 38.4 Å². The summed E-state index contributed by atoms with van der Waals surface area (Å²) in [5.74, 6) is -9.41. The standard InChI is InChI=1S/C36H58N10O10S/c1-6-18(4)28-33(53)43-24(13-20-9-7-11-40-20)32(52)44-25(35(55)56)16-57-19(5)29(34(54)45-28)46-30(50)21(17(2)3)14-26(47)23(10-8-12-41-36(38)39)42-31(51)22(37)15-27(48)49/h9,11,17-19,21-25,28-29H,6-8,10,12-16,37H2,1-5H3,(H,42,51)(H,43,53)(H,44,52)(H,45,54)(H,46,50)(H,48,49)(H,55,56)(H4,38,39,41). The Morgan fingerprint density at radius 3 is 2.25 bits per heavy atom. The predicted molar refractivity (Wildman–Crippen MR) is 213 cm³/mol. The van der Waals surface area contributed by atoms with E-state index >= 15 is 0 Å². The maximum absolute atomic E-state index is 14.1. The molecule has 1 fully saturated rings. The summed E-state index contributed by atoms with van der Waals surface area (Å²) in [6.45, 7) is 8.60. The summed E-state index contributed by atoms with van der Waals surface area (Å²) < 4.78 is 0. The molecule has 0 spiro atoms. The molecule has 0 radical (unpaired) electrons. The number of carbonyl (C=O) groups excluding carboxylic acids is 6. The van der Waals surface area contributed by atoms with Gasteiger partial charge in [0.2, 0.25) is 29.5 Å². The fourth-order valence-electron chi connectivity index (χ4n) is 5.99. The van der Waals surface area contributed by atoms with E-state index in [1.165, 1.54) is 0 Å². The average Bonchev–Trinajstić information content (AvgIpc) is 3.65. The maximum Gasteiger partial charge on any atom is 0.327 e. The third kappa shape index (κ3) is 15.8. The molecule has 0 aromatic heterocycles. The number of ketones is 1. The number of nitrogens with two attached hydrogens (primary N) is 3. The van der Waals surface area contributed by atoms with Crippen molar-refractivity contribution in [3.05, 3.63) is 11.8 Å². The van der Waals surface area contributed by atoms with E-state index in [9.17, 15) is 43.5 Å². The van der Waals surface area contributed by atoms with Crippen molar-refractivity contribution < 1.29 is 48.6 Å². The van der Waals surface area contributed by atoms with Gasteiger partial charge < -0.3 is 54.0 Å². The Bertz CT molecular complexity index is 1580. The van der Waals surface area contributed by atoms with Gasteiger partial charge in [0.25, 0.3) is 0 Å². The fraction of sp³-hybridized carbons (Fsp3) is 0.667. The molecular formula is C36H58N10O10S. The first kappa shape index (κ1) is 48.1. The smallest absolute Gasteiger partial charge is 0.327 e. The summed E-state index contributed by atoms with van der Waals surface area (Å²) in [4.78, 5) is 113. The molecule has 0 aromatic carbocycles. The highest BCUT2D eigenvalue weighted by molar-refractivity contribution is 8.00. The zero-order valence-corrected chi connectivity index (χ0v) is 33.8. The predicted octanol–water partition coefficient (Wildman–Crippen LogP) is -1.49. The second-order valence-electron chi connectivity index (χ2n) is 14.5. The largest absolute Gasteiger partial charge is 0.481 e. The molecule has 20 nitrogen and oxygen atoms in total. The van der Waals surface area contributed by atoms with Crippen LogP contribution in [0.5, 0.6) is 0 Å². The van der Waals surface area contributed by atoms with Crippen LogP contribution in [0.15, 0.2) is 21.8 Å². The summed E-state index contributed by atoms with van der Waals surface area (Å²) in [6, 6.07) is -7.79. The van der Waals surface area contributed by atoms with Crippen LogP contribution < -0.4 is 43.8 Å². The van der Waals surface area contributed by atoms with E-state index < -0.39 is 119 Å². The molecule has 1 saturated heterocycles. The number of carboxylic acids is 2. The molecule has 5 amide bonds. The number of nitrogens with one attached hydrogen (secondary N) is 5. The maximum atomic E-state index is 14.1. The molecule has 0 aliphatic carbocycles. The van der Waals surface area contributed by atoms with E-state index in [0.29, 0.717) is 18.5 Å². The normalized spacial score (nSPS) is 23.7. The lowest BCUT2D eigenvalue weighted by molar-refractivity contribution is -0.141. The third-order valence-electron chi connectivity index (χ3n) is 9.69. The number of aliphatic imine (C=N–C) groups is 2. The van der Waals surface area contributed by atoms with Crippen LogP contribution in [0.25, 0.3) is 0 Å². The lowest BCUT2D eigenvalue weighted by atomic mass is 9.87. The Labute approximate surface area is 335 Å². The van der Waals surface area contributed by atoms with Gasteiger partial charge in [-0.1, -0.05) is 47.1 Å². The van der Waals surface area contributed by atoms with Gasteiger partial charge in [-0.3, -0.25) is 43.5 Å². The van der Waals surface area contributed by atoms with Crippen LogP contribution in [0.3, 0.4) is 0 Å². The van der Waals surface area contributed by atoms with Crippen molar-refractivity contribution in [2.75, 3.05) is 12.3 Å². The van der Waals surface area contributed by atoms with Crippen LogP contribution >= 0.6 is 11.8 Å². The molecule has 0 aromatic rings. The molecular weight excluding hydrogens is 765 g/mol. The van der Waals surface area contributed by atoms with Crippen LogP contribution in [0.1, 0.15) is 79.6 Å². The van der Waals surface area contributed by atoms with Crippen molar-refractivity contribution in [3.63, 3.8) is 0 Å².